The van der Waals surface area contributed by atoms with Gasteiger partial charge in [-0.25, -0.2) is 0 Å². The highest BCUT2D eigenvalue weighted by Gasteiger charge is 2.23. The first kappa shape index (κ1) is 26.0. The Bertz CT molecular complexity index is 228. The molecule has 0 fully saturated rings. The van der Waals surface area contributed by atoms with Crippen LogP contribution in [0, 0.1) is 5.92 Å². The van der Waals surface area contributed by atoms with Gasteiger partial charge >= 0.3 is 0 Å². The third-order valence-electron chi connectivity index (χ3n) is 4.89. The summed E-state index contributed by atoms with van der Waals surface area (Å²) in [7, 11) is 0. The highest BCUT2D eigenvalue weighted by Crippen LogP contribution is 2.27. The average molecular weight is 413 g/mol. The molecule has 0 rings (SSSR count). The van der Waals surface area contributed by atoms with Gasteiger partial charge in [-0.05, 0) is 39.0 Å². The van der Waals surface area contributed by atoms with Crippen LogP contribution in [-0.2, 0) is 0 Å². The summed E-state index contributed by atoms with van der Waals surface area (Å²) in [6, 6.07) is 0. The maximum atomic E-state index is 6.40. The van der Waals surface area contributed by atoms with Crippen molar-refractivity contribution in [3.63, 3.8) is 0 Å². The molecule has 0 saturated carbocycles. The van der Waals surface area contributed by atoms with E-state index >= 15 is 0 Å². The molecule has 3 heteroatoms. The van der Waals surface area contributed by atoms with Crippen molar-refractivity contribution in [1.82, 2.24) is 0 Å². The summed E-state index contributed by atoms with van der Waals surface area (Å²) in [5.74, 6) is 1.49. The van der Waals surface area contributed by atoms with Crippen LogP contribution < -0.4 is 5.73 Å². The molecule has 0 aromatic heterocycles. The predicted octanol–water partition coefficient (Wildman–Crippen LogP) is 7.64. The number of hydrogen-bond donors (Lipinski definition) is 1. The second-order valence-corrected chi connectivity index (χ2v) is 8.05. The van der Waals surface area contributed by atoms with Crippen molar-refractivity contribution in [3.05, 3.63) is 0 Å². The monoisotopic (exact) mass is 411 g/mol. The molecule has 1 atom stereocenters. The highest BCUT2D eigenvalue weighted by atomic mass is 79.9. The van der Waals surface area contributed by atoms with Crippen molar-refractivity contribution in [2.24, 2.45) is 11.7 Å². The largest absolute Gasteiger partial charge is 0.325 e. The molecule has 0 amide bonds. The first-order valence-corrected chi connectivity index (χ1v) is 10.4. The zero-order valence-corrected chi connectivity index (χ0v) is 18.5. The lowest BCUT2D eigenvalue weighted by Crippen LogP contribution is -2.40. The van der Waals surface area contributed by atoms with Crippen LogP contribution in [0.1, 0.15) is 111 Å². The van der Waals surface area contributed by atoms with E-state index in [1.807, 2.05) is 0 Å². The smallest absolute Gasteiger partial charge is 0.0223 e. The zero-order chi connectivity index (χ0) is 16.7. The van der Waals surface area contributed by atoms with Gasteiger partial charge in [0.05, 0.1) is 0 Å². The fourth-order valence-corrected chi connectivity index (χ4v) is 3.44. The minimum absolute atomic E-state index is 0. The van der Waals surface area contributed by atoms with Crippen LogP contribution in [0.4, 0.5) is 0 Å². The van der Waals surface area contributed by atoms with Crippen LogP contribution in [0.25, 0.3) is 0 Å². The molecule has 2 N–H and O–H groups in total. The van der Waals surface area contributed by atoms with Gasteiger partial charge in [0, 0.05) is 11.4 Å². The predicted molar refractivity (Wildman–Crippen MR) is 113 cm³/mol. The lowest BCUT2D eigenvalue weighted by atomic mass is 9.80. The van der Waals surface area contributed by atoms with Crippen molar-refractivity contribution in [3.8, 4) is 0 Å². The van der Waals surface area contributed by atoms with Crippen molar-refractivity contribution in [2.45, 2.75) is 116 Å². The fourth-order valence-electron chi connectivity index (χ4n) is 3.25. The normalized spacial score (nSPS) is 12.9. The standard InChI is InChI=1S/C20H42ClN.BrH/c1-4-5-6-7-8-9-10-13-16-19(20(2,3)22)17-14-11-12-15-18-21;/h19H,4-18,22H2,1-3H3;1H. The summed E-state index contributed by atoms with van der Waals surface area (Å²) in [4.78, 5) is 0. The fraction of sp³-hybridized carbons (Fsp3) is 1.00. The van der Waals surface area contributed by atoms with E-state index in [0.717, 1.165) is 12.3 Å². The summed E-state index contributed by atoms with van der Waals surface area (Å²) in [6.45, 7) is 6.70. The minimum Gasteiger partial charge on any atom is -0.325 e. The number of rotatable bonds is 16. The third kappa shape index (κ3) is 17.3. The van der Waals surface area contributed by atoms with Gasteiger partial charge in [0.15, 0.2) is 0 Å². The number of unbranched alkanes of at least 4 members (excludes halogenated alkanes) is 10. The van der Waals surface area contributed by atoms with Crippen molar-refractivity contribution >= 4 is 28.6 Å². The lowest BCUT2D eigenvalue weighted by Gasteiger charge is -2.31. The van der Waals surface area contributed by atoms with Crippen molar-refractivity contribution in [2.75, 3.05) is 5.88 Å². The SMILES string of the molecule is Br.CCCCCCCCCCC(CCCCCCCl)C(C)(C)N. The molecular formula is C20H43BrClN. The highest BCUT2D eigenvalue weighted by molar-refractivity contribution is 8.93. The third-order valence-corrected chi connectivity index (χ3v) is 5.16. The topological polar surface area (TPSA) is 26.0 Å². The molecule has 0 aromatic carbocycles. The van der Waals surface area contributed by atoms with E-state index < -0.39 is 0 Å². The Morgan fingerprint density at radius 1 is 0.739 bits per heavy atom. The Balaban J connectivity index is 0. The van der Waals surface area contributed by atoms with Crippen molar-refractivity contribution in [1.29, 1.82) is 0 Å². The molecule has 0 spiro atoms. The minimum atomic E-state index is -0.0202. The maximum absolute atomic E-state index is 6.40. The Morgan fingerprint density at radius 3 is 1.52 bits per heavy atom. The molecule has 0 aliphatic carbocycles. The summed E-state index contributed by atoms with van der Waals surface area (Å²) >= 11 is 5.73. The zero-order valence-electron chi connectivity index (χ0n) is 16.0. The van der Waals surface area contributed by atoms with Gasteiger partial charge in [-0.15, -0.1) is 28.6 Å². The lowest BCUT2D eigenvalue weighted by molar-refractivity contribution is 0.267. The molecule has 0 heterocycles. The Labute approximate surface area is 162 Å². The molecular weight excluding hydrogens is 370 g/mol. The van der Waals surface area contributed by atoms with E-state index in [2.05, 4.69) is 20.8 Å². The van der Waals surface area contributed by atoms with Crippen LogP contribution >= 0.6 is 28.6 Å². The van der Waals surface area contributed by atoms with Crippen molar-refractivity contribution < 1.29 is 0 Å². The van der Waals surface area contributed by atoms with E-state index in [1.165, 1.54) is 83.5 Å². The van der Waals surface area contributed by atoms with Crippen LogP contribution in [0.15, 0.2) is 0 Å². The number of halogens is 2. The second kappa shape index (κ2) is 17.5. The van der Waals surface area contributed by atoms with E-state index in [-0.39, 0.29) is 22.5 Å². The average Bonchev–Trinajstić information content (AvgIpc) is 2.46. The molecule has 1 nitrogen and oxygen atoms in total. The van der Waals surface area contributed by atoms with Gasteiger partial charge in [0.2, 0.25) is 0 Å². The quantitative estimate of drug-likeness (QED) is 0.204. The van der Waals surface area contributed by atoms with E-state index in [4.69, 9.17) is 17.3 Å². The second-order valence-electron chi connectivity index (χ2n) is 7.67. The molecule has 0 bridgehead atoms. The summed E-state index contributed by atoms with van der Waals surface area (Å²) in [6.07, 6.45) is 18.9. The Morgan fingerprint density at radius 2 is 1.13 bits per heavy atom. The molecule has 0 aliphatic rings. The molecule has 0 radical (unpaired) electrons. The van der Waals surface area contributed by atoms with Gasteiger partial charge in [0.1, 0.15) is 0 Å². The van der Waals surface area contributed by atoms with E-state index in [1.54, 1.807) is 0 Å². The maximum Gasteiger partial charge on any atom is 0.0223 e. The molecule has 0 saturated heterocycles. The Hall–Kier alpha value is 0.730. The number of nitrogens with two attached hydrogens (primary N) is 1. The van der Waals surface area contributed by atoms with Crippen LogP contribution in [0.2, 0.25) is 0 Å². The Kier molecular flexibility index (Phi) is 19.8. The molecule has 1 unspecified atom stereocenters. The first-order chi connectivity index (χ1) is 10.5. The van der Waals surface area contributed by atoms with Gasteiger partial charge in [0.25, 0.3) is 0 Å². The van der Waals surface area contributed by atoms with Crippen LogP contribution in [0.3, 0.4) is 0 Å². The van der Waals surface area contributed by atoms with Gasteiger partial charge in [-0.2, -0.15) is 0 Å². The van der Waals surface area contributed by atoms with Crippen LogP contribution in [-0.4, -0.2) is 11.4 Å². The van der Waals surface area contributed by atoms with E-state index in [0.29, 0.717) is 5.92 Å². The van der Waals surface area contributed by atoms with Crippen LogP contribution in [0.5, 0.6) is 0 Å². The molecule has 23 heavy (non-hydrogen) atoms. The molecule has 142 valence electrons. The van der Waals surface area contributed by atoms with Gasteiger partial charge in [-0.3, -0.25) is 0 Å². The molecule has 0 aliphatic heterocycles. The number of hydrogen-bond acceptors (Lipinski definition) is 1. The summed E-state index contributed by atoms with van der Waals surface area (Å²) in [5, 5.41) is 0. The van der Waals surface area contributed by atoms with Gasteiger partial charge < -0.3 is 5.73 Å². The summed E-state index contributed by atoms with van der Waals surface area (Å²) < 4.78 is 0. The first-order valence-electron chi connectivity index (χ1n) is 9.87. The number of alkyl halides is 1. The van der Waals surface area contributed by atoms with E-state index in [9.17, 15) is 0 Å². The molecule has 0 aromatic rings. The summed E-state index contributed by atoms with van der Waals surface area (Å²) in [5.41, 5.74) is 6.38. The van der Waals surface area contributed by atoms with Gasteiger partial charge in [-0.1, -0.05) is 77.6 Å².